The van der Waals surface area contributed by atoms with E-state index in [-0.39, 0.29) is 17.1 Å². The number of halogens is 1. The van der Waals surface area contributed by atoms with Gasteiger partial charge in [0.25, 0.3) is 10.0 Å². The third-order valence-corrected chi connectivity index (χ3v) is 8.15. The van der Waals surface area contributed by atoms with Gasteiger partial charge in [0.1, 0.15) is 25.6 Å². The first-order valence-corrected chi connectivity index (χ1v) is 13.6. The minimum atomic E-state index is -4.23. The van der Waals surface area contributed by atoms with Crippen LogP contribution in [0.15, 0.2) is 71.6 Å². The number of amides is 1. The first-order valence-electron chi connectivity index (χ1n) is 12.2. The molecule has 0 radical (unpaired) electrons. The number of benzene rings is 3. The van der Waals surface area contributed by atoms with Gasteiger partial charge in [-0.1, -0.05) is 18.2 Å². The molecule has 2 aliphatic heterocycles. The largest absolute Gasteiger partial charge is 0.486 e. The standard InChI is InChI=1S/C27H28FN3O5S/c28-21-4-3-5-23(16-21)31(37(33,34)24-10-11-25-26(17-24)36-15-14-35-25)19-27(32)29-18-20-6-8-22(9-7-20)30-12-1-2-13-30/h3-11,16-17H,1-2,12-15,18-19H2,(H,29,32). The SMILES string of the molecule is O=C(CN(c1cccc(F)c1)S(=O)(=O)c1ccc2c(c1)OCCO2)NCc1ccc(N2CCCC2)cc1. The quantitative estimate of drug-likeness (QED) is 0.483. The van der Waals surface area contributed by atoms with Crippen LogP contribution < -0.4 is 24.0 Å². The second kappa shape index (κ2) is 10.7. The molecule has 0 aliphatic carbocycles. The number of carbonyl (C=O) groups is 1. The highest BCUT2D eigenvalue weighted by Crippen LogP contribution is 2.34. The molecule has 0 atom stereocenters. The molecule has 2 aliphatic rings. The minimum absolute atomic E-state index is 0.0417. The Kier molecular flexibility index (Phi) is 7.18. The maximum absolute atomic E-state index is 14.0. The molecule has 1 N–H and O–H groups in total. The van der Waals surface area contributed by atoms with Gasteiger partial charge in [0.2, 0.25) is 5.91 Å². The average Bonchev–Trinajstić information content (AvgIpc) is 3.45. The van der Waals surface area contributed by atoms with Crippen LogP contribution in [0.4, 0.5) is 15.8 Å². The molecule has 1 saturated heterocycles. The van der Waals surface area contributed by atoms with Gasteiger partial charge in [0.05, 0.1) is 10.6 Å². The summed E-state index contributed by atoms with van der Waals surface area (Å²) in [4.78, 5) is 15.1. The molecule has 1 fully saturated rings. The topological polar surface area (TPSA) is 88.2 Å². The van der Waals surface area contributed by atoms with Crippen LogP contribution in [0.5, 0.6) is 11.5 Å². The number of hydrogen-bond donors (Lipinski definition) is 1. The van der Waals surface area contributed by atoms with Crippen molar-refractivity contribution in [2.24, 2.45) is 0 Å². The Bertz CT molecular complexity index is 1380. The lowest BCUT2D eigenvalue weighted by molar-refractivity contribution is -0.119. The maximum atomic E-state index is 14.0. The minimum Gasteiger partial charge on any atom is -0.486 e. The monoisotopic (exact) mass is 525 g/mol. The zero-order valence-corrected chi connectivity index (χ0v) is 21.0. The number of nitrogens with one attached hydrogen (secondary N) is 1. The molecule has 37 heavy (non-hydrogen) atoms. The second-order valence-electron chi connectivity index (χ2n) is 8.93. The van der Waals surface area contributed by atoms with Gasteiger partial charge in [-0.05, 0) is 60.9 Å². The molecular formula is C27H28FN3O5S. The van der Waals surface area contributed by atoms with E-state index >= 15 is 0 Å². The summed E-state index contributed by atoms with van der Waals surface area (Å²) in [6.45, 7) is 2.47. The highest BCUT2D eigenvalue weighted by Gasteiger charge is 2.29. The summed E-state index contributed by atoms with van der Waals surface area (Å²) in [5.41, 5.74) is 2.08. The van der Waals surface area contributed by atoms with Crippen molar-refractivity contribution < 1.29 is 27.1 Å². The average molecular weight is 526 g/mol. The number of nitrogens with zero attached hydrogens (tertiary/aromatic N) is 2. The van der Waals surface area contributed by atoms with Crippen LogP contribution in [0.2, 0.25) is 0 Å². The van der Waals surface area contributed by atoms with Crippen LogP contribution in [0.1, 0.15) is 18.4 Å². The van der Waals surface area contributed by atoms with Gasteiger partial charge < -0.3 is 19.7 Å². The third-order valence-electron chi connectivity index (χ3n) is 6.38. The third kappa shape index (κ3) is 5.64. The van der Waals surface area contributed by atoms with Crippen molar-refractivity contribution in [1.82, 2.24) is 5.32 Å². The van der Waals surface area contributed by atoms with Gasteiger partial charge in [-0.3, -0.25) is 9.10 Å². The first-order chi connectivity index (χ1) is 17.9. The van der Waals surface area contributed by atoms with Crippen LogP contribution in [-0.2, 0) is 21.4 Å². The number of sulfonamides is 1. The molecule has 5 rings (SSSR count). The summed E-state index contributed by atoms with van der Waals surface area (Å²) in [5.74, 6) is -0.392. The van der Waals surface area contributed by atoms with Crippen molar-refractivity contribution >= 4 is 27.3 Å². The lowest BCUT2D eigenvalue weighted by Crippen LogP contribution is -2.40. The zero-order valence-electron chi connectivity index (χ0n) is 20.2. The van der Waals surface area contributed by atoms with Gasteiger partial charge in [-0.2, -0.15) is 0 Å². The fourth-order valence-electron chi connectivity index (χ4n) is 4.44. The highest BCUT2D eigenvalue weighted by atomic mass is 32.2. The number of rotatable bonds is 8. The molecule has 1 amide bonds. The van der Waals surface area contributed by atoms with E-state index in [2.05, 4.69) is 10.2 Å². The van der Waals surface area contributed by atoms with E-state index < -0.39 is 28.3 Å². The van der Waals surface area contributed by atoms with Gasteiger partial charge in [-0.15, -0.1) is 0 Å². The van der Waals surface area contributed by atoms with Crippen LogP contribution >= 0.6 is 0 Å². The molecule has 0 saturated carbocycles. The second-order valence-corrected chi connectivity index (χ2v) is 10.8. The summed E-state index contributed by atoms with van der Waals surface area (Å²) in [6.07, 6.45) is 2.38. The van der Waals surface area contributed by atoms with Gasteiger partial charge in [0, 0.05) is 31.4 Å². The predicted octanol–water partition coefficient (Wildman–Crippen LogP) is 3.71. The van der Waals surface area contributed by atoms with E-state index in [1.807, 2.05) is 24.3 Å². The van der Waals surface area contributed by atoms with Crippen molar-refractivity contribution in [1.29, 1.82) is 0 Å². The molecular weight excluding hydrogens is 497 g/mol. The van der Waals surface area contributed by atoms with E-state index in [1.54, 1.807) is 0 Å². The molecule has 0 spiro atoms. The number of anilines is 2. The summed E-state index contributed by atoms with van der Waals surface area (Å²) < 4.78 is 53.2. The number of hydrogen-bond acceptors (Lipinski definition) is 6. The van der Waals surface area contributed by atoms with E-state index in [0.29, 0.717) is 24.7 Å². The summed E-state index contributed by atoms with van der Waals surface area (Å²) in [5, 5.41) is 2.78. The van der Waals surface area contributed by atoms with Gasteiger partial charge in [0.15, 0.2) is 11.5 Å². The fourth-order valence-corrected chi connectivity index (χ4v) is 5.87. The predicted molar refractivity (Wildman–Crippen MR) is 138 cm³/mol. The van der Waals surface area contributed by atoms with Gasteiger partial charge >= 0.3 is 0 Å². The van der Waals surface area contributed by atoms with Crippen LogP contribution in [0.3, 0.4) is 0 Å². The molecule has 0 bridgehead atoms. The summed E-state index contributed by atoms with van der Waals surface area (Å²) in [7, 11) is -4.23. The smallest absolute Gasteiger partial charge is 0.264 e. The molecule has 194 valence electrons. The van der Waals surface area contributed by atoms with E-state index in [9.17, 15) is 17.6 Å². The molecule has 2 heterocycles. The first kappa shape index (κ1) is 24.9. The lowest BCUT2D eigenvalue weighted by atomic mass is 10.2. The Morgan fingerprint density at radius 1 is 0.946 bits per heavy atom. The maximum Gasteiger partial charge on any atom is 0.264 e. The van der Waals surface area contributed by atoms with Crippen molar-refractivity contribution in [3.05, 3.63) is 78.1 Å². The Labute approximate surface area is 215 Å². The van der Waals surface area contributed by atoms with E-state index in [0.717, 1.165) is 34.7 Å². The van der Waals surface area contributed by atoms with Crippen LogP contribution in [0, 0.1) is 5.82 Å². The van der Waals surface area contributed by atoms with E-state index in [1.165, 1.54) is 49.2 Å². The molecule has 3 aromatic carbocycles. The van der Waals surface area contributed by atoms with Crippen molar-refractivity contribution in [3.8, 4) is 11.5 Å². The Hall–Kier alpha value is -3.79. The van der Waals surface area contributed by atoms with Crippen LogP contribution in [0.25, 0.3) is 0 Å². The number of carbonyl (C=O) groups excluding carboxylic acids is 1. The fraction of sp³-hybridized carbons (Fsp3) is 0.296. The Morgan fingerprint density at radius 2 is 1.68 bits per heavy atom. The lowest BCUT2D eigenvalue weighted by Gasteiger charge is -2.25. The van der Waals surface area contributed by atoms with Crippen molar-refractivity contribution in [2.45, 2.75) is 24.3 Å². The van der Waals surface area contributed by atoms with E-state index in [4.69, 9.17) is 9.47 Å². The Balaban J connectivity index is 1.33. The summed E-state index contributed by atoms with van der Waals surface area (Å²) in [6, 6.07) is 17.3. The Morgan fingerprint density at radius 3 is 2.41 bits per heavy atom. The van der Waals surface area contributed by atoms with Crippen LogP contribution in [-0.4, -0.2) is 47.2 Å². The molecule has 0 unspecified atom stereocenters. The van der Waals surface area contributed by atoms with Gasteiger partial charge in [-0.25, -0.2) is 12.8 Å². The molecule has 0 aromatic heterocycles. The zero-order chi connectivity index (χ0) is 25.8. The normalized spacial score (nSPS) is 14.9. The molecule has 3 aromatic rings. The molecule has 8 nitrogen and oxygen atoms in total. The molecule has 10 heteroatoms. The highest BCUT2D eigenvalue weighted by molar-refractivity contribution is 7.92. The number of ether oxygens (including phenoxy) is 2. The van der Waals surface area contributed by atoms with Crippen molar-refractivity contribution in [2.75, 3.05) is 42.1 Å². The summed E-state index contributed by atoms with van der Waals surface area (Å²) >= 11 is 0. The number of fused-ring (bicyclic) bond motifs is 1. The van der Waals surface area contributed by atoms with Crippen molar-refractivity contribution in [3.63, 3.8) is 0 Å².